The van der Waals surface area contributed by atoms with Crippen LogP contribution in [0.4, 0.5) is 20.2 Å². The molecule has 176 valence electrons. The zero-order chi connectivity index (χ0) is 24.6. The van der Waals surface area contributed by atoms with Gasteiger partial charge in [0, 0.05) is 44.5 Å². The number of hydrogen-bond acceptors (Lipinski definition) is 6. The Hall–Kier alpha value is -1.96. The molecule has 0 aliphatic rings. The van der Waals surface area contributed by atoms with Crippen LogP contribution in [-0.4, -0.2) is 34.5 Å². The molecule has 0 bridgehead atoms. The number of carbonyl (C=O) groups excluding carboxylic acids is 2. The number of carboxylic acid groups (broad SMARTS) is 1. The molecule has 0 unspecified atom stereocenters. The van der Waals surface area contributed by atoms with Gasteiger partial charge >= 0.3 is 77.6 Å². The summed E-state index contributed by atoms with van der Waals surface area (Å²) in [5, 5.41) is 15.1. The van der Waals surface area contributed by atoms with Crippen molar-refractivity contribution in [1.29, 1.82) is 0 Å². The third kappa shape index (κ3) is 6.29. The van der Waals surface area contributed by atoms with E-state index in [4.69, 9.17) is 32.7 Å². The molecule has 0 saturated heterocycles. The van der Waals surface area contributed by atoms with E-state index in [1.165, 1.54) is 36.7 Å². The van der Waals surface area contributed by atoms with Crippen LogP contribution >= 0.6 is 23.2 Å². The maximum absolute atomic E-state index is 13.1. The van der Waals surface area contributed by atoms with Gasteiger partial charge in [-0.2, -0.15) is 8.78 Å². The number of alkyl halides is 2. The molecular formula is C21H11Cl2F2N3Na2O6. The Balaban J connectivity index is 0.00000228. The minimum absolute atomic E-state index is 0. The van der Waals surface area contributed by atoms with E-state index in [0.29, 0.717) is 0 Å². The van der Waals surface area contributed by atoms with Crippen LogP contribution in [0, 0.1) is 0 Å². The number of aliphatic carboxylic acids is 1. The zero-order valence-electron chi connectivity index (χ0n) is 19.5. The number of hydrogen-bond donors (Lipinski definition) is 2. The van der Waals surface area contributed by atoms with Crippen molar-refractivity contribution in [3.63, 3.8) is 0 Å². The number of carbonyl (C=O) groups is 3. The van der Waals surface area contributed by atoms with E-state index in [-0.39, 0.29) is 115 Å². The smallest absolute Gasteiger partial charge is 1.00 e. The SMILES string of the molecule is O=C(O)C(=O)Nc1ccc2oc3c(OC(F)F)ccc(C(=O)[N-]c4c(Cl)cncc4Cl)c3c2c1.[H-].[Na+].[Na+]. The maximum Gasteiger partial charge on any atom is 1.00 e. The fourth-order valence-corrected chi connectivity index (χ4v) is 3.61. The number of pyridine rings is 1. The largest absolute Gasteiger partial charge is 1.00 e. The quantitative estimate of drug-likeness (QED) is 0.259. The Kier molecular flexibility index (Phi) is 10.5. The summed E-state index contributed by atoms with van der Waals surface area (Å²) in [4.78, 5) is 39.2. The average Bonchev–Trinajstić information content (AvgIpc) is 3.15. The van der Waals surface area contributed by atoms with Gasteiger partial charge in [-0.25, -0.2) is 4.79 Å². The van der Waals surface area contributed by atoms with Crippen molar-refractivity contribution >= 4 is 74.3 Å². The van der Waals surface area contributed by atoms with Crippen molar-refractivity contribution in [1.82, 2.24) is 4.98 Å². The van der Waals surface area contributed by atoms with Gasteiger partial charge in [-0.1, -0.05) is 28.9 Å². The van der Waals surface area contributed by atoms with Crippen molar-refractivity contribution in [3.8, 4) is 5.75 Å². The van der Waals surface area contributed by atoms with Crippen LogP contribution in [0.5, 0.6) is 5.75 Å². The molecule has 2 amide bonds. The van der Waals surface area contributed by atoms with Crippen LogP contribution in [0.3, 0.4) is 0 Å². The first-order valence-electron chi connectivity index (χ1n) is 9.19. The zero-order valence-corrected chi connectivity index (χ0v) is 24.0. The molecule has 9 nitrogen and oxygen atoms in total. The predicted molar refractivity (Wildman–Crippen MR) is 119 cm³/mol. The standard InChI is InChI=1S/C21H11Cl2F2N3O6.2Na.H/c22-11-6-26-7-12(23)16(11)28-18(29)9-2-4-14(34-21(24)25)17-15(9)10-5-8(1-3-13(10)33-17)27-19(30)20(31)32;;;/h1-7,21H,(H3,26,27,28,29,30,31,32);;;/q;2*+1;-1/p-1. The van der Waals surface area contributed by atoms with Gasteiger partial charge in [0.05, 0.1) is 5.91 Å². The van der Waals surface area contributed by atoms with E-state index in [0.717, 1.165) is 6.07 Å². The Labute approximate surface area is 256 Å². The third-order valence-corrected chi connectivity index (χ3v) is 5.08. The van der Waals surface area contributed by atoms with E-state index < -0.39 is 24.4 Å². The number of nitrogens with zero attached hydrogens (tertiary/aromatic N) is 2. The summed E-state index contributed by atoms with van der Waals surface area (Å²) in [5.74, 6) is -4.21. The molecule has 15 heteroatoms. The third-order valence-electron chi connectivity index (χ3n) is 4.52. The topological polar surface area (TPSA) is 133 Å². The molecule has 0 atom stereocenters. The molecule has 0 fully saturated rings. The summed E-state index contributed by atoms with van der Waals surface area (Å²) < 4.78 is 36.0. The van der Waals surface area contributed by atoms with Gasteiger partial charge in [-0.3, -0.25) is 9.78 Å². The van der Waals surface area contributed by atoms with Crippen molar-refractivity contribution in [2.75, 3.05) is 5.32 Å². The van der Waals surface area contributed by atoms with Crippen molar-refractivity contribution in [3.05, 3.63) is 63.7 Å². The number of fused-ring (bicyclic) bond motifs is 3. The number of anilines is 1. The number of nitrogens with one attached hydrogen (secondary N) is 1. The molecule has 2 aromatic heterocycles. The summed E-state index contributed by atoms with van der Waals surface area (Å²) in [5.41, 5.74) is -0.126. The Morgan fingerprint density at radius 1 is 1.11 bits per heavy atom. The monoisotopic (exact) mass is 555 g/mol. The molecule has 4 rings (SSSR count). The molecular weight excluding hydrogens is 545 g/mol. The minimum atomic E-state index is -3.18. The molecule has 36 heavy (non-hydrogen) atoms. The molecule has 0 spiro atoms. The number of halogens is 4. The number of aromatic nitrogens is 1. The maximum atomic E-state index is 13.1. The second-order valence-corrected chi connectivity index (χ2v) is 7.45. The second-order valence-electron chi connectivity index (χ2n) is 6.63. The molecule has 0 radical (unpaired) electrons. The molecule has 0 aliphatic carbocycles. The molecule has 4 aromatic rings. The normalized spacial score (nSPS) is 10.5. The molecule has 2 N–H and O–H groups in total. The van der Waals surface area contributed by atoms with Gasteiger partial charge in [0.1, 0.15) is 5.58 Å². The van der Waals surface area contributed by atoms with Crippen molar-refractivity contribution in [2.24, 2.45) is 0 Å². The fourth-order valence-electron chi connectivity index (χ4n) is 3.16. The first-order valence-corrected chi connectivity index (χ1v) is 9.94. The fraction of sp³-hybridized carbons (Fsp3) is 0.0476. The molecule has 2 heterocycles. The van der Waals surface area contributed by atoms with Crippen LogP contribution in [0.1, 0.15) is 11.8 Å². The Morgan fingerprint density at radius 2 is 1.78 bits per heavy atom. The Morgan fingerprint density at radius 3 is 2.39 bits per heavy atom. The van der Waals surface area contributed by atoms with Gasteiger partial charge in [-0.05, 0) is 30.3 Å². The van der Waals surface area contributed by atoms with Gasteiger partial charge in [0.25, 0.3) is 0 Å². The van der Waals surface area contributed by atoms with Crippen LogP contribution < -0.4 is 69.2 Å². The van der Waals surface area contributed by atoms with Gasteiger partial charge < -0.3 is 31.1 Å². The van der Waals surface area contributed by atoms with Crippen LogP contribution in [0.2, 0.25) is 10.0 Å². The molecule has 2 aromatic carbocycles. The summed E-state index contributed by atoms with van der Waals surface area (Å²) in [6.07, 6.45) is 2.47. The molecule has 0 aliphatic heterocycles. The first kappa shape index (κ1) is 30.3. The van der Waals surface area contributed by atoms with Gasteiger partial charge in [-0.15, -0.1) is 0 Å². The summed E-state index contributed by atoms with van der Waals surface area (Å²) in [6.45, 7) is -3.18. The number of rotatable bonds is 5. The van der Waals surface area contributed by atoms with Gasteiger partial charge in [0.2, 0.25) is 0 Å². The average molecular weight is 556 g/mol. The number of carboxylic acids is 1. The number of benzene rings is 2. The second kappa shape index (κ2) is 12.5. The summed E-state index contributed by atoms with van der Waals surface area (Å²) in [6, 6.07) is 6.33. The van der Waals surface area contributed by atoms with E-state index in [2.05, 4.69) is 20.4 Å². The van der Waals surface area contributed by atoms with E-state index in [9.17, 15) is 23.2 Å². The van der Waals surface area contributed by atoms with E-state index in [1.807, 2.05) is 0 Å². The van der Waals surface area contributed by atoms with Crippen LogP contribution in [-0.2, 0) is 9.59 Å². The van der Waals surface area contributed by atoms with Crippen LogP contribution in [0.15, 0.2) is 47.1 Å². The van der Waals surface area contributed by atoms with E-state index in [1.54, 1.807) is 0 Å². The van der Waals surface area contributed by atoms with Crippen molar-refractivity contribution < 1.29 is 98.0 Å². The number of ether oxygens (including phenoxy) is 1. The summed E-state index contributed by atoms with van der Waals surface area (Å²) in [7, 11) is 0. The molecule has 0 saturated carbocycles. The number of amides is 2. The first-order chi connectivity index (χ1) is 16.2. The minimum Gasteiger partial charge on any atom is -1.00 e. The number of furan rings is 1. The predicted octanol–water partition coefficient (Wildman–Crippen LogP) is -0.122. The Bertz CT molecular complexity index is 1470. The van der Waals surface area contributed by atoms with Gasteiger partial charge in [0.15, 0.2) is 11.3 Å². The van der Waals surface area contributed by atoms with Crippen molar-refractivity contribution in [2.45, 2.75) is 6.61 Å². The van der Waals surface area contributed by atoms with Crippen LogP contribution in [0.25, 0.3) is 27.3 Å². The van der Waals surface area contributed by atoms with E-state index >= 15 is 0 Å². The summed E-state index contributed by atoms with van der Waals surface area (Å²) >= 11 is 12.1.